The summed E-state index contributed by atoms with van der Waals surface area (Å²) in [6.07, 6.45) is 3.89. The van der Waals surface area contributed by atoms with Crippen LogP contribution >= 0.6 is 0 Å². The van der Waals surface area contributed by atoms with Crippen LogP contribution in [0.2, 0.25) is 0 Å². The fraction of sp³-hybridized carbons (Fsp3) is 1.00. The largest absolute Gasteiger partial charge is 0.326 e. The van der Waals surface area contributed by atoms with Gasteiger partial charge in [0.25, 0.3) is 0 Å². The molecule has 0 aromatic carbocycles. The zero-order valence-electron chi connectivity index (χ0n) is 13.4. The molecule has 0 saturated heterocycles. The molecule has 2 atom stereocenters. The number of hydrogen-bond acceptors (Lipinski definition) is 2. The van der Waals surface area contributed by atoms with Gasteiger partial charge in [0, 0.05) is 25.2 Å². The van der Waals surface area contributed by atoms with E-state index in [0.29, 0.717) is 17.5 Å². The first-order valence-corrected chi connectivity index (χ1v) is 7.73. The summed E-state index contributed by atoms with van der Waals surface area (Å²) in [5.74, 6) is 1.45. The maximum atomic E-state index is 6.57. The van der Waals surface area contributed by atoms with Crippen LogP contribution < -0.4 is 5.73 Å². The van der Waals surface area contributed by atoms with Crippen LogP contribution in [0.15, 0.2) is 0 Å². The topological polar surface area (TPSA) is 29.3 Å². The highest BCUT2D eigenvalue weighted by atomic mass is 15.2. The van der Waals surface area contributed by atoms with Gasteiger partial charge in [0.1, 0.15) is 0 Å². The van der Waals surface area contributed by atoms with E-state index in [1.54, 1.807) is 0 Å². The molecule has 0 spiro atoms. The Hall–Kier alpha value is -0.0800. The van der Waals surface area contributed by atoms with Crippen molar-refractivity contribution in [2.24, 2.45) is 23.0 Å². The molecule has 1 saturated carbocycles. The average Bonchev–Trinajstić information content (AvgIpc) is 2.19. The molecule has 2 nitrogen and oxygen atoms in total. The fourth-order valence-corrected chi connectivity index (χ4v) is 3.33. The summed E-state index contributed by atoms with van der Waals surface area (Å²) in [5.41, 5.74) is 6.87. The summed E-state index contributed by atoms with van der Waals surface area (Å²) >= 11 is 0. The van der Waals surface area contributed by atoms with Crippen LogP contribution in [0.1, 0.15) is 60.8 Å². The van der Waals surface area contributed by atoms with E-state index in [2.05, 4.69) is 46.4 Å². The van der Waals surface area contributed by atoms with Crippen molar-refractivity contribution in [3.05, 3.63) is 0 Å². The Balaban J connectivity index is 2.76. The maximum Gasteiger partial charge on any atom is 0.0252 e. The van der Waals surface area contributed by atoms with Gasteiger partial charge in [-0.2, -0.15) is 0 Å². The lowest BCUT2D eigenvalue weighted by molar-refractivity contribution is 0.0527. The minimum Gasteiger partial charge on any atom is -0.326 e. The lowest BCUT2D eigenvalue weighted by Crippen LogP contribution is -2.58. The highest BCUT2D eigenvalue weighted by Gasteiger charge is 2.39. The second-order valence-electron chi connectivity index (χ2n) is 7.72. The van der Waals surface area contributed by atoms with Gasteiger partial charge in [-0.15, -0.1) is 0 Å². The molecule has 2 N–H and O–H groups in total. The highest BCUT2D eigenvalue weighted by molar-refractivity contribution is 4.96. The van der Waals surface area contributed by atoms with Crippen LogP contribution in [0, 0.1) is 17.3 Å². The normalized spacial score (nSPS) is 28.3. The van der Waals surface area contributed by atoms with Crippen molar-refractivity contribution in [2.75, 3.05) is 13.1 Å². The van der Waals surface area contributed by atoms with E-state index >= 15 is 0 Å². The lowest BCUT2D eigenvalue weighted by atomic mass is 9.70. The van der Waals surface area contributed by atoms with E-state index in [1.807, 2.05) is 0 Å². The molecule has 0 aromatic heterocycles. The molecule has 0 aromatic rings. The Morgan fingerprint density at radius 3 is 2.06 bits per heavy atom. The summed E-state index contributed by atoms with van der Waals surface area (Å²) in [6.45, 7) is 16.3. The van der Waals surface area contributed by atoms with Gasteiger partial charge in [-0.05, 0) is 30.1 Å². The molecule has 0 bridgehead atoms. The van der Waals surface area contributed by atoms with Gasteiger partial charge in [0.2, 0.25) is 0 Å². The van der Waals surface area contributed by atoms with Gasteiger partial charge >= 0.3 is 0 Å². The molecule has 1 fully saturated rings. The summed E-state index contributed by atoms with van der Waals surface area (Å²) in [4.78, 5) is 2.67. The molecular formula is C16H34N2. The number of rotatable bonds is 5. The molecule has 1 aliphatic carbocycles. The molecule has 2 heteroatoms. The molecule has 2 unspecified atom stereocenters. The van der Waals surface area contributed by atoms with Crippen LogP contribution in [-0.2, 0) is 0 Å². The third kappa shape index (κ3) is 4.24. The van der Waals surface area contributed by atoms with Gasteiger partial charge in [0.15, 0.2) is 0 Å². The Bertz CT molecular complexity index is 235. The number of hydrogen-bond donors (Lipinski definition) is 1. The smallest absolute Gasteiger partial charge is 0.0252 e. The van der Waals surface area contributed by atoms with E-state index in [-0.39, 0.29) is 0 Å². The predicted octanol–water partition coefficient (Wildman–Crippen LogP) is 3.51. The van der Waals surface area contributed by atoms with Crippen LogP contribution in [-0.4, -0.2) is 30.1 Å². The maximum absolute atomic E-state index is 6.57. The van der Waals surface area contributed by atoms with Gasteiger partial charge in [-0.3, -0.25) is 4.90 Å². The summed E-state index contributed by atoms with van der Waals surface area (Å²) < 4.78 is 0. The van der Waals surface area contributed by atoms with Crippen molar-refractivity contribution in [2.45, 2.75) is 72.9 Å². The Morgan fingerprint density at radius 1 is 1.11 bits per heavy atom. The molecule has 0 aliphatic heterocycles. The lowest BCUT2D eigenvalue weighted by Gasteiger charge is -2.47. The first-order valence-electron chi connectivity index (χ1n) is 7.73. The third-order valence-electron chi connectivity index (χ3n) is 4.31. The monoisotopic (exact) mass is 254 g/mol. The first kappa shape index (κ1) is 16.0. The fourth-order valence-electron chi connectivity index (χ4n) is 3.33. The van der Waals surface area contributed by atoms with Crippen molar-refractivity contribution >= 4 is 0 Å². The average molecular weight is 254 g/mol. The van der Waals surface area contributed by atoms with Gasteiger partial charge in [-0.1, -0.05) is 48.0 Å². The molecule has 0 amide bonds. The standard InChI is InChI=1S/C16H34N2/c1-12(2)10-18(11-13(3)4)14-8-7-9-16(5,6)15(14)17/h12-15H,7-11,17H2,1-6H3. The van der Waals surface area contributed by atoms with Crippen LogP contribution in [0.25, 0.3) is 0 Å². The molecule has 0 radical (unpaired) electrons. The number of nitrogens with two attached hydrogens (primary N) is 1. The molecule has 1 aliphatic rings. The zero-order valence-corrected chi connectivity index (χ0v) is 13.4. The van der Waals surface area contributed by atoms with Crippen LogP contribution in [0.5, 0.6) is 0 Å². The summed E-state index contributed by atoms with van der Waals surface area (Å²) in [5, 5.41) is 0. The van der Waals surface area contributed by atoms with E-state index < -0.39 is 0 Å². The molecule has 18 heavy (non-hydrogen) atoms. The first-order chi connectivity index (χ1) is 8.24. The Labute approximate surface area is 114 Å². The van der Waals surface area contributed by atoms with Crippen molar-refractivity contribution in [1.29, 1.82) is 0 Å². The minimum atomic E-state index is 0.301. The minimum absolute atomic E-state index is 0.301. The van der Waals surface area contributed by atoms with Crippen LogP contribution in [0.4, 0.5) is 0 Å². The van der Waals surface area contributed by atoms with Gasteiger partial charge < -0.3 is 5.73 Å². The Morgan fingerprint density at radius 2 is 1.61 bits per heavy atom. The van der Waals surface area contributed by atoms with E-state index in [4.69, 9.17) is 5.73 Å². The molecule has 0 heterocycles. The molecule has 108 valence electrons. The quantitative estimate of drug-likeness (QED) is 0.813. The van der Waals surface area contributed by atoms with Crippen molar-refractivity contribution in [1.82, 2.24) is 4.90 Å². The highest BCUT2D eigenvalue weighted by Crippen LogP contribution is 2.36. The third-order valence-corrected chi connectivity index (χ3v) is 4.31. The number of nitrogens with zero attached hydrogens (tertiary/aromatic N) is 1. The molecular weight excluding hydrogens is 220 g/mol. The van der Waals surface area contributed by atoms with Gasteiger partial charge in [-0.25, -0.2) is 0 Å². The van der Waals surface area contributed by atoms with Crippen molar-refractivity contribution in [3.63, 3.8) is 0 Å². The Kier molecular flexibility index (Phi) is 5.67. The second kappa shape index (κ2) is 6.38. The molecule has 1 rings (SSSR count). The SMILES string of the molecule is CC(C)CN(CC(C)C)C1CCCC(C)(C)C1N. The van der Waals surface area contributed by atoms with Crippen LogP contribution in [0.3, 0.4) is 0 Å². The van der Waals surface area contributed by atoms with E-state index in [9.17, 15) is 0 Å². The second-order valence-corrected chi connectivity index (χ2v) is 7.72. The van der Waals surface area contributed by atoms with E-state index in [1.165, 1.54) is 32.4 Å². The summed E-state index contributed by atoms with van der Waals surface area (Å²) in [7, 11) is 0. The van der Waals surface area contributed by atoms with Crippen molar-refractivity contribution < 1.29 is 0 Å². The van der Waals surface area contributed by atoms with Gasteiger partial charge in [0.05, 0.1) is 0 Å². The predicted molar refractivity (Wildman–Crippen MR) is 80.6 cm³/mol. The van der Waals surface area contributed by atoms with Crippen molar-refractivity contribution in [3.8, 4) is 0 Å². The zero-order chi connectivity index (χ0) is 13.9. The van der Waals surface area contributed by atoms with E-state index in [0.717, 1.165) is 11.8 Å². The summed E-state index contributed by atoms with van der Waals surface area (Å²) in [6, 6.07) is 0.905.